The Morgan fingerprint density at radius 2 is 1.86 bits per heavy atom. The van der Waals surface area contributed by atoms with E-state index in [1.807, 2.05) is 19.9 Å². The molecule has 41 valence electrons. The third kappa shape index (κ3) is 10.7. The van der Waals surface area contributed by atoms with Crippen LogP contribution in [0.15, 0.2) is 17.7 Å². The summed E-state index contributed by atoms with van der Waals surface area (Å²) < 4.78 is 0. The molecule has 0 fully saturated rings. The second-order valence-corrected chi connectivity index (χ2v) is 1.44. The molecule has 0 atom stereocenters. The van der Waals surface area contributed by atoms with Gasteiger partial charge in [-0.15, -0.1) is 0 Å². The topological polar surface area (TPSA) is 0 Å². The van der Waals surface area contributed by atoms with E-state index in [2.05, 4.69) is 0 Å². The van der Waals surface area contributed by atoms with Crippen molar-refractivity contribution in [3.8, 4) is 0 Å². The summed E-state index contributed by atoms with van der Waals surface area (Å²) in [5, 5.41) is 0. The molecule has 0 spiro atoms. The third-order valence-electron chi connectivity index (χ3n) is 0.430. The molecule has 0 aliphatic rings. The van der Waals surface area contributed by atoms with Crippen LogP contribution in [0.4, 0.5) is 0 Å². The summed E-state index contributed by atoms with van der Waals surface area (Å²) in [6.07, 6.45) is 3.40. The maximum Gasteiger partial charge on any atom is 1.00 e. The van der Waals surface area contributed by atoms with E-state index < -0.39 is 0 Å². The van der Waals surface area contributed by atoms with Crippen molar-refractivity contribution in [3.63, 3.8) is 0 Å². The van der Waals surface area contributed by atoms with E-state index >= 15 is 0 Å². The Bertz CT molecular complexity index is 68.2. The molecule has 0 rings (SSSR count). The maximum atomic E-state index is 5.03. The molecule has 0 aliphatic carbocycles. The van der Waals surface area contributed by atoms with Gasteiger partial charge in [0, 0.05) is 0 Å². The zero-order chi connectivity index (χ0) is 4.99. The van der Waals surface area contributed by atoms with Gasteiger partial charge in [0.15, 0.2) is 0 Å². The van der Waals surface area contributed by atoms with Crippen molar-refractivity contribution in [3.05, 3.63) is 24.3 Å². The van der Waals surface area contributed by atoms with Gasteiger partial charge in [0.2, 0.25) is 0 Å². The van der Waals surface area contributed by atoms with Crippen molar-refractivity contribution in [2.45, 2.75) is 13.8 Å². The Hall–Kier alpha value is 0.103. The van der Waals surface area contributed by atoms with Crippen LogP contribution in [0, 0.1) is 6.58 Å². The summed E-state index contributed by atoms with van der Waals surface area (Å²) in [5.74, 6) is 0. The molecule has 0 aromatic carbocycles. The van der Waals surface area contributed by atoms with Crippen molar-refractivity contribution < 1.29 is 19.5 Å². The molecule has 0 heterocycles. The molecule has 0 aromatic rings. The Balaban J connectivity index is 0. The van der Waals surface area contributed by atoms with Crippen LogP contribution < -0.4 is 0 Å². The van der Waals surface area contributed by atoms with Gasteiger partial charge in [0.25, 0.3) is 0 Å². The summed E-state index contributed by atoms with van der Waals surface area (Å²) in [5.41, 5.74) is 1.23. The molecule has 0 saturated heterocycles. The molecule has 1 radical (unpaired) electrons. The summed E-state index contributed by atoms with van der Waals surface area (Å²) in [4.78, 5) is 0. The monoisotopic (exact) mass is 183 g/mol. The number of hydrogen-bond donors (Lipinski definition) is 0. The van der Waals surface area contributed by atoms with E-state index in [4.69, 9.17) is 6.58 Å². The molecule has 0 amide bonds. The van der Waals surface area contributed by atoms with E-state index in [0.717, 1.165) is 0 Å². The van der Waals surface area contributed by atoms with Gasteiger partial charge < -0.3 is 0 Å². The second kappa shape index (κ2) is 6.10. The van der Waals surface area contributed by atoms with Gasteiger partial charge in [-0.1, -0.05) is 13.8 Å². The first-order chi connectivity index (χ1) is 2.77. The van der Waals surface area contributed by atoms with E-state index in [9.17, 15) is 0 Å². The fraction of sp³-hybridized carbons (Fsp3) is 0.333. The zero-order valence-corrected chi connectivity index (χ0v) is 6.32. The third-order valence-corrected chi connectivity index (χ3v) is 0.430. The zero-order valence-electron chi connectivity index (χ0n) is 4.59. The molecule has 0 nitrogen and oxygen atoms in total. The first kappa shape index (κ1) is 10.2. The molecule has 1 heteroatoms. The minimum absolute atomic E-state index is 0. The van der Waals surface area contributed by atoms with Crippen LogP contribution >= 0.6 is 0 Å². The Labute approximate surface area is 58.1 Å². The molecule has 0 unspecified atom stereocenters. The van der Waals surface area contributed by atoms with Crippen LogP contribution in [0.3, 0.4) is 0 Å². The van der Waals surface area contributed by atoms with Crippen LogP contribution in [-0.4, -0.2) is 0 Å². The van der Waals surface area contributed by atoms with Crippen molar-refractivity contribution in [1.82, 2.24) is 0 Å². The SMILES string of the molecule is [CH-]=CC=C(C)C.[Ru+]. The quantitative estimate of drug-likeness (QED) is 0.330. The fourth-order valence-corrected chi connectivity index (χ4v) is 0.192. The predicted molar refractivity (Wildman–Crippen MR) is 28.3 cm³/mol. The molecule has 7 heavy (non-hydrogen) atoms. The number of hydrogen-bond acceptors (Lipinski definition) is 0. The summed E-state index contributed by atoms with van der Waals surface area (Å²) in [6.45, 7) is 9.03. The average molecular weight is 182 g/mol. The van der Waals surface area contributed by atoms with E-state index in [0.29, 0.717) is 0 Å². The van der Waals surface area contributed by atoms with Crippen LogP contribution in [0.25, 0.3) is 0 Å². The van der Waals surface area contributed by atoms with Gasteiger partial charge in [-0.3, -0.25) is 6.58 Å². The van der Waals surface area contributed by atoms with Crippen LogP contribution in [0.1, 0.15) is 13.8 Å². The minimum Gasteiger partial charge on any atom is -0.293 e. The summed E-state index contributed by atoms with van der Waals surface area (Å²) >= 11 is 0. The van der Waals surface area contributed by atoms with E-state index in [-0.39, 0.29) is 19.5 Å². The standard InChI is InChI=1S/C6H9.Ru/c1-4-5-6(2)3;/h1,4-5H,2-3H3;/q-1;+1. The molecule has 0 saturated carbocycles. The van der Waals surface area contributed by atoms with Gasteiger partial charge in [-0.25, -0.2) is 12.2 Å². The minimum atomic E-state index is 0. The van der Waals surface area contributed by atoms with Gasteiger partial charge in [-0.2, -0.15) is 5.57 Å². The Kier molecular flexibility index (Phi) is 8.86. The van der Waals surface area contributed by atoms with Gasteiger partial charge in [0.05, 0.1) is 0 Å². The van der Waals surface area contributed by atoms with Gasteiger partial charge in [-0.05, 0) is 0 Å². The Morgan fingerprint density at radius 3 is 1.86 bits per heavy atom. The molecule has 0 bridgehead atoms. The van der Waals surface area contributed by atoms with Crippen LogP contribution in [-0.2, 0) is 19.5 Å². The fourth-order valence-electron chi connectivity index (χ4n) is 0.192. The molecule has 0 N–H and O–H groups in total. The van der Waals surface area contributed by atoms with Crippen molar-refractivity contribution in [2.24, 2.45) is 0 Å². The van der Waals surface area contributed by atoms with E-state index in [1.54, 1.807) is 0 Å². The number of rotatable bonds is 1. The molecule has 0 aromatic heterocycles. The first-order valence-corrected chi connectivity index (χ1v) is 1.96. The van der Waals surface area contributed by atoms with Crippen molar-refractivity contribution in [2.75, 3.05) is 0 Å². The maximum absolute atomic E-state index is 5.03. The van der Waals surface area contributed by atoms with Gasteiger partial charge in [0.1, 0.15) is 0 Å². The first-order valence-electron chi connectivity index (χ1n) is 1.96. The van der Waals surface area contributed by atoms with Crippen LogP contribution in [0.5, 0.6) is 0 Å². The molecular formula is C6H9Ru. The predicted octanol–water partition coefficient (Wildman–Crippen LogP) is 1.94. The summed E-state index contributed by atoms with van der Waals surface area (Å²) in [7, 11) is 0. The van der Waals surface area contributed by atoms with Gasteiger partial charge >= 0.3 is 19.5 Å². The normalized spacial score (nSPS) is 6.00. The Morgan fingerprint density at radius 1 is 1.43 bits per heavy atom. The molecular weight excluding hydrogens is 173 g/mol. The van der Waals surface area contributed by atoms with Crippen molar-refractivity contribution in [1.29, 1.82) is 0 Å². The molecule has 0 aliphatic heterocycles. The average Bonchev–Trinajstić information content (AvgIpc) is 1.35. The number of allylic oxidation sites excluding steroid dienone is 3. The second-order valence-electron chi connectivity index (χ2n) is 1.44. The van der Waals surface area contributed by atoms with E-state index in [1.165, 1.54) is 11.6 Å². The largest absolute Gasteiger partial charge is 1.00 e. The summed E-state index contributed by atoms with van der Waals surface area (Å²) in [6, 6.07) is 0. The van der Waals surface area contributed by atoms with Crippen molar-refractivity contribution >= 4 is 0 Å². The van der Waals surface area contributed by atoms with Crippen LogP contribution in [0.2, 0.25) is 0 Å². The smallest absolute Gasteiger partial charge is 0.293 e.